The number of carbonyl (C=O) groups is 1. The van der Waals surface area contributed by atoms with Crippen molar-refractivity contribution in [3.63, 3.8) is 0 Å². The van der Waals surface area contributed by atoms with Gasteiger partial charge in [0.05, 0.1) is 10.5 Å². The molecule has 0 saturated heterocycles. The summed E-state index contributed by atoms with van der Waals surface area (Å²) < 4.78 is 0. The zero-order valence-electron chi connectivity index (χ0n) is 10.0. The molecule has 18 heavy (non-hydrogen) atoms. The predicted molar refractivity (Wildman–Crippen MR) is 72.8 cm³/mol. The number of nitrogens with one attached hydrogen (secondary N) is 1. The summed E-state index contributed by atoms with van der Waals surface area (Å²) in [6.45, 7) is 0.530. The van der Waals surface area contributed by atoms with Crippen molar-refractivity contribution in [2.24, 2.45) is 0 Å². The fraction of sp³-hybridized carbons (Fsp3) is 0.364. The zero-order valence-corrected chi connectivity index (χ0v) is 10.8. The van der Waals surface area contributed by atoms with Gasteiger partial charge in [-0.3, -0.25) is 14.9 Å². The highest BCUT2D eigenvalue weighted by Gasteiger charge is 2.18. The highest BCUT2D eigenvalue weighted by Crippen LogP contribution is 2.24. The maximum absolute atomic E-state index is 11.8. The van der Waals surface area contributed by atoms with E-state index in [1.54, 1.807) is 11.8 Å². The Morgan fingerprint density at radius 1 is 1.56 bits per heavy atom. The van der Waals surface area contributed by atoms with Crippen LogP contribution < -0.4 is 11.1 Å². The molecule has 3 N–H and O–H groups in total. The Balaban J connectivity index is 2.74. The summed E-state index contributed by atoms with van der Waals surface area (Å²) in [6.07, 6.45) is 2.84. The summed E-state index contributed by atoms with van der Waals surface area (Å²) in [5.41, 5.74) is 5.42. The normalized spacial score (nSPS) is 10.1. The summed E-state index contributed by atoms with van der Waals surface area (Å²) in [6, 6.07) is 4.21. The van der Waals surface area contributed by atoms with Gasteiger partial charge in [-0.15, -0.1) is 0 Å². The minimum Gasteiger partial charge on any atom is -0.393 e. The third-order valence-electron chi connectivity index (χ3n) is 2.34. The first-order valence-electron chi connectivity index (χ1n) is 5.38. The second-order valence-electron chi connectivity index (χ2n) is 3.60. The number of carbonyl (C=O) groups excluding carboxylic acids is 1. The van der Waals surface area contributed by atoms with Gasteiger partial charge in [-0.2, -0.15) is 11.8 Å². The van der Waals surface area contributed by atoms with Crippen LogP contribution in [0, 0.1) is 10.1 Å². The maximum atomic E-state index is 11.8. The number of nitro benzene ring substituents is 1. The number of nitro groups is 1. The van der Waals surface area contributed by atoms with Crippen molar-refractivity contribution in [2.45, 2.75) is 6.42 Å². The Morgan fingerprint density at radius 2 is 2.28 bits per heavy atom. The van der Waals surface area contributed by atoms with Crippen molar-refractivity contribution in [1.29, 1.82) is 0 Å². The van der Waals surface area contributed by atoms with Crippen LogP contribution in [0.5, 0.6) is 0 Å². The molecule has 0 aromatic heterocycles. The molecule has 6 nitrogen and oxygen atoms in total. The number of nitrogen functional groups attached to an aromatic ring is 1. The zero-order chi connectivity index (χ0) is 13.5. The van der Waals surface area contributed by atoms with Crippen molar-refractivity contribution in [2.75, 3.05) is 24.3 Å². The van der Waals surface area contributed by atoms with E-state index in [0.717, 1.165) is 12.2 Å². The van der Waals surface area contributed by atoms with Crippen LogP contribution in [0.25, 0.3) is 0 Å². The van der Waals surface area contributed by atoms with E-state index in [0.29, 0.717) is 6.54 Å². The number of para-hydroxylation sites is 1. The first-order valence-corrected chi connectivity index (χ1v) is 6.77. The number of rotatable bonds is 6. The van der Waals surface area contributed by atoms with E-state index in [4.69, 9.17) is 5.73 Å². The fourth-order valence-corrected chi connectivity index (χ4v) is 1.86. The second kappa shape index (κ2) is 6.85. The lowest BCUT2D eigenvalue weighted by molar-refractivity contribution is -0.383. The van der Waals surface area contributed by atoms with Crippen LogP contribution in [0.2, 0.25) is 0 Å². The van der Waals surface area contributed by atoms with E-state index in [-0.39, 0.29) is 22.8 Å². The minimum atomic E-state index is -0.597. The molecule has 1 rings (SSSR count). The van der Waals surface area contributed by atoms with Gasteiger partial charge in [0, 0.05) is 12.6 Å². The molecule has 98 valence electrons. The molecule has 0 saturated carbocycles. The van der Waals surface area contributed by atoms with E-state index in [1.807, 2.05) is 6.26 Å². The molecule has 0 bridgehead atoms. The number of nitrogens with zero attached hydrogens (tertiary/aromatic N) is 1. The molecule has 1 aromatic carbocycles. The Morgan fingerprint density at radius 3 is 2.89 bits per heavy atom. The number of hydrogen-bond acceptors (Lipinski definition) is 5. The van der Waals surface area contributed by atoms with E-state index >= 15 is 0 Å². The summed E-state index contributed by atoms with van der Waals surface area (Å²) >= 11 is 1.69. The Hall–Kier alpha value is -1.76. The molecule has 7 heteroatoms. The maximum Gasteiger partial charge on any atom is 0.292 e. The number of nitrogens with two attached hydrogens (primary N) is 1. The van der Waals surface area contributed by atoms with Crippen molar-refractivity contribution in [1.82, 2.24) is 5.32 Å². The molecule has 0 atom stereocenters. The lowest BCUT2D eigenvalue weighted by Crippen LogP contribution is -2.25. The van der Waals surface area contributed by atoms with Gasteiger partial charge >= 0.3 is 0 Å². The number of amides is 1. The predicted octanol–water partition coefficient (Wildman–Crippen LogP) is 1.66. The molecule has 0 radical (unpaired) electrons. The molecule has 0 aliphatic carbocycles. The van der Waals surface area contributed by atoms with Gasteiger partial charge < -0.3 is 11.1 Å². The standard InChI is InChI=1S/C11H15N3O3S/c1-18-7-3-6-13-11(15)8-4-2-5-9(10(8)12)14(16)17/h2,4-5H,3,6-7,12H2,1H3,(H,13,15). The summed E-state index contributed by atoms with van der Waals surface area (Å²) in [4.78, 5) is 21.9. The van der Waals surface area contributed by atoms with Gasteiger partial charge in [0.2, 0.25) is 0 Å². The van der Waals surface area contributed by atoms with Gasteiger partial charge in [-0.1, -0.05) is 6.07 Å². The van der Waals surface area contributed by atoms with Gasteiger partial charge in [-0.25, -0.2) is 0 Å². The molecular formula is C11H15N3O3S. The smallest absolute Gasteiger partial charge is 0.292 e. The summed E-state index contributed by atoms with van der Waals surface area (Å²) in [7, 11) is 0. The van der Waals surface area contributed by atoms with Crippen molar-refractivity contribution < 1.29 is 9.72 Å². The first kappa shape index (κ1) is 14.3. The second-order valence-corrected chi connectivity index (χ2v) is 4.58. The number of benzene rings is 1. The highest BCUT2D eigenvalue weighted by atomic mass is 32.2. The number of hydrogen-bond donors (Lipinski definition) is 2. The molecule has 0 spiro atoms. The quantitative estimate of drug-likeness (QED) is 0.354. The first-order chi connectivity index (χ1) is 8.57. The van der Waals surface area contributed by atoms with E-state index in [2.05, 4.69) is 5.32 Å². The van der Waals surface area contributed by atoms with E-state index in [9.17, 15) is 14.9 Å². The van der Waals surface area contributed by atoms with Crippen LogP contribution in [-0.4, -0.2) is 29.4 Å². The van der Waals surface area contributed by atoms with Gasteiger partial charge in [0.1, 0.15) is 5.69 Å². The average Bonchev–Trinajstić information content (AvgIpc) is 2.34. The molecule has 1 amide bonds. The SMILES string of the molecule is CSCCCNC(=O)c1cccc([N+](=O)[O-])c1N. The molecule has 0 aliphatic heterocycles. The van der Waals surface area contributed by atoms with Crippen LogP contribution in [0.15, 0.2) is 18.2 Å². The van der Waals surface area contributed by atoms with Crippen molar-refractivity contribution in [3.8, 4) is 0 Å². The van der Waals surface area contributed by atoms with Gasteiger partial charge in [0.15, 0.2) is 0 Å². The van der Waals surface area contributed by atoms with Crippen molar-refractivity contribution in [3.05, 3.63) is 33.9 Å². The van der Waals surface area contributed by atoms with E-state index in [1.165, 1.54) is 18.2 Å². The van der Waals surface area contributed by atoms with Crippen LogP contribution in [0.4, 0.5) is 11.4 Å². The topological polar surface area (TPSA) is 98.3 Å². The minimum absolute atomic E-state index is 0.0927. The lowest BCUT2D eigenvalue weighted by atomic mass is 10.1. The molecule has 0 heterocycles. The van der Waals surface area contributed by atoms with E-state index < -0.39 is 4.92 Å². The number of thioether (sulfide) groups is 1. The average molecular weight is 269 g/mol. The largest absolute Gasteiger partial charge is 0.393 e. The Labute approximate surface area is 109 Å². The van der Waals surface area contributed by atoms with Gasteiger partial charge in [0.25, 0.3) is 11.6 Å². The molecular weight excluding hydrogens is 254 g/mol. The monoisotopic (exact) mass is 269 g/mol. The van der Waals surface area contributed by atoms with Crippen LogP contribution in [0.3, 0.4) is 0 Å². The lowest BCUT2D eigenvalue weighted by Gasteiger charge is -2.07. The Bertz CT molecular complexity index is 451. The summed E-state index contributed by atoms with van der Waals surface area (Å²) in [5, 5.41) is 13.4. The van der Waals surface area contributed by atoms with Crippen molar-refractivity contribution >= 4 is 29.0 Å². The third kappa shape index (κ3) is 3.63. The Kier molecular flexibility index (Phi) is 5.44. The molecule has 0 fully saturated rings. The fourth-order valence-electron chi connectivity index (χ4n) is 1.42. The molecule has 0 aliphatic rings. The third-order valence-corrected chi connectivity index (χ3v) is 3.03. The van der Waals surface area contributed by atoms with Crippen LogP contribution >= 0.6 is 11.8 Å². The molecule has 1 aromatic rings. The summed E-state index contributed by atoms with van der Waals surface area (Å²) in [5.74, 6) is 0.572. The highest BCUT2D eigenvalue weighted by molar-refractivity contribution is 7.98. The van der Waals surface area contributed by atoms with Crippen LogP contribution in [-0.2, 0) is 0 Å². The molecule has 0 unspecified atom stereocenters. The number of anilines is 1. The van der Waals surface area contributed by atoms with Crippen LogP contribution in [0.1, 0.15) is 16.8 Å². The van der Waals surface area contributed by atoms with Gasteiger partial charge in [-0.05, 0) is 24.5 Å².